The number of rotatable bonds is 5. The van der Waals surface area contributed by atoms with E-state index in [0.29, 0.717) is 11.2 Å². The van der Waals surface area contributed by atoms with Gasteiger partial charge in [-0.25, -0.2) is 23.7 Å². The standard InChI is InChI=1S/C17H10F2N6O2S/c18-9-5-6-11(10(19)7-9)22-15-14(25(26)27)16(21-8-20-15)24-17-23-12-3-1-2-4-13(12)28-17/h1-8H,(H2,20,21,22,23,24). The quantitative estimate of drug-likeness (QED) is 0.367. The van der Waals surface area contributed by atoms with E-state index in [-0.39, 0.29) is 17.3 Å². The maximum Gasteiger partial charge on any atom is 0.353 e. The van der Waals surface area contributed by atoms with E-state index in [1.807, 2.05) is 24.3 Å². The molecule has 2 aromatic carbocycles. The summed E-state index contributed by atoms with van der Waals surface area (Å²) in [6.45, 7) is 0. The highest BCUT2D eigenvalue weighted by Crippen LogP contribution is 2.35. The average Bonchev–Trinajstić information content (AvgIpc) is 3.06. The number of fused-ring (bicyclic) bond motifs is 1. The summed E-state index contributed by atoms with van der Waals surface area (Å²) >= 11 is 1.30. The van der Waals surface area contributed by atoms with Crippen molar-refractivity contribution < 1.29 is 13.7 Å². The largest absolute Gasteiger partial charge is 0.353 e. The Balaban J connectivity index is 1.71. The lowest BCUT2D eigenvalue weighted by molar-refractivity contribution is -0.383. The third-order valence-electron chi connectivity index (χ3n) is 3.71. The first-order valence-corrected chi connectivity index (χ1v) is 8.67. The molecule has 2 heterocycles. The van der Waals surface area contributed by atoms with Crippen LogP contribution in [0.2, 0.25) is 0 Å². The molecule has 0 aliphatic heterocycles. The molecule has 0 saturated heterocycles. The fourth-order valence-corrected chi connectivity index (χ4v) is 3.34. The Bertz CT molecular complexity index is 1170. The molecule has 4 rings (SSSR count). The minimum absolute atomic E-state index is 0.107. The number of nitro groups is 1. The van der Waals surface area contributed by atoms with E-state index in [1.165, 1.54) is 11.3 Å². The molecule has 0 atom stereocenters. The summed E-state index contributed by atoms with van der Waals surface area (Å²) in [6.07, 6.45) is 1.09. The Kier molecular flexibility index (Phi) is 4.49. The molecule has 0 amide bonds. The van der Waals surface area contributed by atoms with Crippen molar-refractivity contribution >= 4 is 49.7 Å². The highest BCUT2D eigenvalue weighted by molar-refractivity contribution is 7.22. The van der Waals surface area contributed by atoms with Gasteiger partial charge in [0.05, 0.1) is 20.8 Å². The van der Waals surface area contributed by atoms with Crippen LogP contribution in [-0.2, 0) is 0 Å². The van der Waals surface area contributed by atoms with Gasteiger partial charge in [-0.2, -0.15) is 0 Å². The molecule has 0 aliphatic carbocycles. The van der Waals surface area contributed by atoms with Crippen LogP contribution in [0, 0.1) is 21.7 Å². The molecule has 0 saturated carbocycles. The molecule has 28 heavy (non-hydrogen) atoms. The fraction of sp³-hybridized carbons (Fsp3) is 0. The Morgan fingerprint density at radius 3 is 2.50 bits per heavy atom. The summed E-state index contributed by atoms with van der Waals surface area (Å²) in [4.78, 5) is 23.0. The summed E-state index contributed by atoms with van der Waals surface area (Å²) < 4.78 is 27.9. The normalized spacial score (nSPS) is 10.8. The van der Waals surface area contributed by atoms with Gasteiger partial charge in [-0.3, -0.25) is 10.1 Å². The second-order valence-corrected chi connectivity index (χ2v) is 6.57. The molecule has 8 nitrogen and oxygen atoms in total. The lowest BCUT2D eigenvalue weighted by Crippen LogP contribution is -2.06. The van der Waals surface area contributed by atoms with Crippen LogP contribution >= 0.6 is 11.3 Å². The topological polar surface area (TPSA) is 106 Å². The highest BCUT2D eigenvalue weighted by atomic mass is 32.1. The molecule has 2 aromatic heterocycles. The first-order chi connectivity index (χ1) is 13.5. The van der Waals surface area contributed by atoms with Gasteiger partial charge in [0.25, 0.3) is 0 Å². The van der Waals surface area contributed by atoms with Gasteiger partial charge in [0.15, 0.2) is 5.13 Å². The molecule has 0 unspecified atom stereocenters. The van der Waals surface area contributed by atoms with Crippen molar-refractivity contribution in [3.8, 4) is 0 Å². The number of nitrogens with zero attached hydrogens (tertiary/aromatic N) is 4. The zero-order valence-corrected chi connectivity index (χ0v) is 14.7. The molecule has 0 spiro atoms. The predicted octanol–water partition coefficient (Wildman–Crippen LogP) is 4.76. The van der Waals surface area contributed by atoms with Crippen LogP contribution < -0.4 is 10.6 Å². The maximum absolute atomic E-state index is 13.9. The number of aromatic nitrogens is 3. The maximum atomic E-state index is 13.9. The summed E-state index contributed by atoms with van der Waals surface area (Å²) in [5.41, 5.74) is 0.0815. The smallest absolute Gasteiger partial charge is 0.332 e. The summed E-state index contributed by atoms with van der Waals surface area (Å²) in [5, 5.41) is 17.3. The van der Waals surface area contributed by atoms with Gasteiger partial charge in [-0.1, -0.05) is 23.5 Å². The lowest BCUT2D eigenvalue weighted by atomic mass is 10.3. The Labute approximate surface area is 160 Å². The van der Waals surface area contributed by atoms with E-state index in [9.17, 15) is 18.9 Å². The molecular weight excluding hydrogens is 390 g/mol. The van der Waals surface area contributed by atoms with E-state index >= 15 is 0 Å². The summed E-state index contributed by atoms with van der Waals surface area (Å²) in [5.74, 6) is -2.02. The zero-order valence-electron chi connectivity index (χ0n) is 13.9. The van der Waals surface area contributed by atoms with Crippen LogP contribution in [-0.4, -0.2) is 19.9 Å². The Morgan fingerprint density at radius 2 is 1.79 bits per heavy atom. The van der Waals surface area contributed by atoms with Gasteiger partial charge in [0, 0.05) is 6.07 Å². The number of benzene rings is 2. The van der Waals surface area contributed by atoms with Gasteiger partial charge in [-0.15, -0.1) is 0 Å². The number of anilines is 4. The van der Waals surface area contributed by atoms with Gasteiger partial charge >= 0.3 is 5.69 Å². The van der Waals surface area contributed by atoms with E-state index in [1.54, 1.807) is 0 Å². The number of halogens is 2. The molecule has 4 aromatic rings. The number of para-hydroxylation sites is 1. The van der Waals surface area contributed by atoms with E-state index in [0.717, 1.165) is 28.7 Å². The van der Waals surface area contributed by atoms with Crippen molar-refractivity contribution in [3.05, 3.63) is 70.5 Å². The monoisotopic (exact) mass is 400 g/mol. The van der Waals surface area contributed by atoms with Gasteiger partial charge in [0.1, 0.15) is 18.0 Å². The van der Waals surface area contributed by atoms with E-state index in [2.05, 4.69) is 25.6 Å². The second-order valence-electron chi connectivity index (χ2n) is 5.54. The molecule has 11 heteroatoms. The number of nitrogens with one attached hydrogen (secondary N) is 2. The van der Waals surface area contributed by atoms with Gasteiger partial charge < -0.3 is 10.6 Å². The predicted molar refractivity (Wildman–Crippen MR) is 101 cm³/mol. The van der Waals surface area contributed by atoms with Crippen LogP contribution in [0.3, 0.4) is 0 Å². The van der Waals surface area contributed by atoms with Crippen molar-refractivity contribution in [1.82, 2.24) is 15.0 Å². The fourth-order valence-electron chi connectivity index (χ4n) is 2.48. The van der Waals surface area contributed by atoms with Crippen molar-refractivity contribution in [2.75, 3.05) is 10.6 Å². The minimum atomic E-state index is -0.909. The Morgan fingerprint density at radius 1 is 1.04 bits per heavy atom. The van der Waals surface area contributed by atoms with Crippen LogP contribution in [0.15, 0.2) is 48.8 Å². The third-order valence-corrected chi connectivity index (χ3v) is 4.66. The molecule has 0 fully saturated rings. The first kappa shape index (κ1) is 17.7. The van der Waals surface area contributed by atoms with E-state index < -0.39 is 22.2 Å². The SMILES string of the molecule is O=[N+]([O-])c1c(Nc2nc3ccccc3s2)ncnc1Nc1ccc(F)cc1F. The lowest BCUT2D eigenvalue weighted by Gasteiger charge is -2.09. The molecule has 0 aliphatic rings. The van der Waals surface area contributed by atoms with Crippen LogP contribution in [0.5, 0.6) is 0 Å². The third kappa shape index (κ3) is 3.42. The van der Waals surface area contributed by atoms with Crippen LogP contribution in [0.1, 0.15) is 0 Å². The van der Waals surface area contributed by atoms with E-state index in [4.69, 9.17) is 0 Å². The molecule has 140 valence electrons. The van der Waals surface area contributed by atoms with Crippen molar-refractivity contribution in [2.24, 2.45) is 0 Å². The minimum Gasteiger partial charge on any atom is -0.332 e. The average molecular weight is 400 g/mol. The summed E-state index contributed by atoms with van der Waals surface area (Å²) in [7, 11) is 0. The second kappa shape index (κ2) is 7.12. The zero-order chi connectivity index (χ0) is 19.7. The molecular formula is C17H10F2N6O2S. The van der Waals surface area contributed by atoms with Gasteiger partial charge in [0.2, 0.25) is 11.6 Å². The number of hydrogen-bond acceptors (Lipinski definition) is 8. The van der Waals surface area contributed by atoms with Gasteiger partial charge in [-0.05, 0) is 24.3 Å². The number of hydrogen-bond donors (Lipinski definition) is 2. The van der Waals surface area contributed by atoms with Crippen LogP contribution in [0.4, 0.5) is 36.9 Å². The van der Waals surface area contributed by atoms with Crippen LogP contribution in [0.25, 0.3) is 10.2 Å². The highest BCUT2D eigenvalue weighted by Gasteiger charge is 2.24. The molecule has 2 N–H and O–H groups in total. The molecule has 0 bridgehead atoms. The van der Waals surface area contributed by atoms with Crippen molar-refractivity contribution in [2.45, 2.75) is 0 Å². The van der Waals surface area contributed by atoms with Crippen molar-refractivity contribution in [1.29, 1.82) is 0 Å². The number of thiazole rings is 1. The van der Waals surface area contributed by atoms with Crippen molar-refractivity contribution in [3.63, 3.8) is 0 Å². The molecule has 0 radical (unpaired) electrons. The Hall–Kier alpha value is -3.73. The summed E-state index contributed by atoms with van der Waals surface area (Å²) in [6, 6.07) is 10.2. The first-order valence-electron chi connectivity index (χ1n) is 7.85.